The zero-order chi connectivity index (χ0) is 12.2. The van der Waals surface area contributed by atoms with Gasteiger partial charge >= 0.3 is 11.9 Å². The molecule has 1 rings (SSSR count). The number of rotatable bonds is 5. The van der Waals surface area contributed by atoms with Crippen LogP contribution in [-0.4, -0.2) is 27.3 Å². The molecule has 86 valence electrons. The number of carbonyl (C=O) groups is 2. The zero-order valence-corrected chi connectivity index (χ0v) is 8.46. The Labute approximate surface area is 92.0 Å². The normalized spacial score (nSPS) is 11.1. The highest BCUT2D eigenvalue weighted by Gasteiger charge is 2.34. The van der Waals surface area contributed by atoms with Gasteiger partial charge < -0.3 is 15.3 Å². The molecule has 0 aliphatic carbocycles. The monoisotopic (exact) mass is 224 g/mol. The molecule has 0 atom stereocenters. The molecule has 16 heavy (non-hydrogen) atoms. The Hall–Kier alpha value is -1.88. The second-order valence-electron chi connectivity index (χ2n) is 3.54. The van der Waals surface area contributed by atoms with Gasteiger partial charge in [-0.1, -0.05) is 30.3 Å². The third-order valence-corrected chi connectivity index (χ3v) is 2.20. The van der Waals surface area contributed by atoms with Crippen LogP contribution < -0.4 is 0 Å². The van der Waals surface area contributed by atoms with Crippen LogP contribution in [0, 0.1) is 0 Å². The molecule has 3 N–H and O–H groups in total. The Bertz CT molecular complexity index is 369. The second-order valence-corrected chi connectivity index (χ2v) is 3.54. The predicted molar refractivity (Wildman–Crippen MR) is 54.8 cm³/mol. The van der Waals surface area contributed by atoms with Crippen LogP contribution in [0.5, 0.6) is 0 Å². The van der Waals surface area contributed by atoms with Crippen LogP contribution in [0.3, 0.4) is 0 Å². The Kier molecular flexibility index (Phi) is 3.63. The molecule has 0 spiro atoms. The second kappa shape index (κ2) is 4.76. The minimum atomic E-state index is -1.86. The van der Waals surface area contributed by atoms with E-state index in [-0.39, 0.29) is 0 Å². The van der Waals surface area contributed by atoms with Gasteiger partial charge in [0.15, 0.2) is 0 Å². The number of aliphatic carboxylic acids is 2. The third-order valence-electron chi connectivity index (χ3n) is 2.20. The summed E-state index contributed by atoms with van der Waals surface area (Å²) in [5.74, 6) is -2.49. The molecular weight excluding hydrogens is 212 g/mol. The zero-order valence-electron chi connectivity index (χ0n) is 8.46. The lowest BCUT2D eigenvalue weighted by atomic mass is 9.87. The van der Waals surface area contributed by atoms with Crippen LogP contribution in [0.25, 0.3) is 0 Å². The van der Waals surface area contributed by atoms with Crippen molar-refractivity contribution in [2.24, 2.45) is 0 Å². The smallest absolute Gasteiger partial charge is 0.306 e. The van der Waals surface area contributed by atoms with Gasteiger partial charge in [0.1, 0.15) is 5.60 Å². The van der Waals surface area contributed by atoms with Crippen molar-refractivity contribution in [2.75, 3.05) is 0 Å². The number of benzene rings is 1. The number of hydrogen-bond acceptors (Lipinski definition) is 3. The fourth-order valence-electron chi connectivity index (χ4n) is 1.52. The van der Waals surface area contributed by atoms with Gasteiger partial charge in [0, 0.05) is 0 Å². The molecule has 0 unspecified atom stereocenters. The first-order chi connectivity index (χ1) is 7.44. The SMILES string of the molecule is O=C(O)CC(O)(CC(=O)O)c1ccccc1. The molecule has 0 radical (unpaired) electrons. The van der Waals surface area contributed by atoms with E-state index >= 15 is 0 Å². The molecule has 5 heteroatoms. The van der Waals surface area contributed by atoms with Gasteiger partial charge in [-0.25, -0.2) is 0 Å². The van der Waals surface area contributed by atoms with Crippen LogP contribution in [0.1, 0.15) is 18.4 Å². The number of carboxylic acids is 2. The van der Waals surface area contributed by atoms with Crippen molar-refractivity contribution in [3.63, 3.8) is 0 Å². The molecule has 0 aliphatic heterocycles. The Morgan fingerprint density at radius 3 is 1.81 bits per heavy atom. The van der Waals surface area contributed by atoms with E-state index in [0.29, 0.717) is 5.56 Å². The molecule has 0 fully saturated rings. The third kappa shape index (κ3) is 3.06. The average molecular weight is 224 g/mol. The molecule has 0 saturated carbocycles. The van der Waals surface area contributed by atoms with Crippen molar-refractivity contribution in [1.29, 1.82) is 0 Å². The van der Waals surface area contributed by atoms with E-state index in [1.54, 1.807) is 18.2 Å². The van der Waals surface area contributed by atoms with E-state index in [4.69, 9.17) is 10.2 Å². The van der Waals surface area contributed by atoms with Crippen LogP contribution in [0.2, 0.25) is 0 Å². The maximum atomic E-state index is 10.6. The summed E-state index contributed by atoms with van der Waals surface area (Å²) in [6.07, 6.45) is -1.27. The first kappa shape index (κ1) is 12.2. The van der Waals surface area contributed by atoms with Crippen molar-refractivity contribution < 1.29 is 24.9 Å². The van der Waals surface area contributed by atoms with Crippen molar-refractivity contribution in [3.05, 3.63) is 35.9 Å². The Balaban J connectivity index is 3.04. The summed E-state index contributed by atoms with van der Waals surface area (Å²) in [5, 5.41) is 27.4. The predicted octanol–water partition coefficient (Wildman–Crippen LogP) is 0.824. The Morgan fingerprint density at radius 1 is 1.00 bits per heavy atom. The highest BCUT2D eigenvalue weighted by atomic mass is 16.4. The van der Waals surface area contributed by atoms with Crippen LogP contribution >= 0.6 is 0 Å². The summed E-state index contributed by atoms with van der Waals surface area (Å²) < 4.78 is 0. The van der Waals surface area contributed by atoms with E-state index in [0.717, 1.165) is 0 Å². The van der Waals surface area contributed by atoms with Gasteiger partial charge in [-0.15, -0.1) is 0 Å². The number of hydrogen-bond donors (Lipinski definition) is 3. The molecule has 1 aromatic rings. The van der Waals surface area contributed by atoms with Gasteiger partial charge in [0.05, 0.1) is 12.8 Å². The van der Waals surface area contributed by atoms with Gasteiger partial charge in [-0.3, -0.25) is 9.59 Å². The summed E-state index contributed by atoms with van der Waals surface area (Å²) in [4.78, 5) is 21.2. The van der Waals surface area contributed by atoms with Gasteiger partial charge in [0.25, 0.3) is 0 Å². The fourth-order valence-corrected chi connectivity index (χ4v) is 1.52. The highest BCUT2D eigenvalue weighted by molar-refractivity contribution is 5.73. The quantitative estimate of drug-likeness (QED) is 0.688. The molecule has 0 bridgehead atoms. The van der Waals surface area contributed by atoms with Crippen LogP contribution in [0.4, 0.5) is 0 Å². The van der Waals surface area contributed by atoms with Crippen LogP contribution in [0.15, 0.2) is 30.3 Å². The molecular formula is C11H12O5. The average Bonchev–Trinajstić information content (AvgIpc) is 2.16. The molecule has 0 aromatic heterocycles. The molecule has 0 amide bonds. The lowest BCUT2D eigenvalue weighted by molar-refractivity contribution is -0.149. The van der Waals surface area contributed by atoms with E-state index in [1.165, 1.54) is 12.1 Å². The molecule has 0 saturated heterocycles. The maximum absolute atomic E-state index is 10.6. The highest BCUT2D eigenvalue weighted by Crippen LogP contribution is 2.28. The summed E-state index contributed by atoms with van der Waals surface area (Å²) in [6, 6.07) is 7.94. The standard InChI is InChI=1S/C11H12O5/c12-9(13)6-11(16,7-10(14)15)8-4-2-1-3-5-8/h1-5,16H,6-7H2,(H,12,13)(H,14,15). The van der Waals surface area contributed by atoms with Crippen LogP contribution in [-0.2, 0) is 15.2 Å². The summed E-state index contributed by atoms with van der Waals surface area (Å²) in [5.41, 5.74) is -1.57. The summed E-state index contributed by atoms with van der Waals surface area (Å²) >= 11 is 0. The summed E-state index contributed by atoms with van der Waals surface area (Å²) in [6.45, 7) is 0. The Morgan fingerprint density at radius 2 is 1.44 bits per heavy atom. The maximum Gasteiger partial charge on any atom is 0.306 e. The van der Waals surface area contributed by atoms with Gasteiger partial charge in [0.2, 0.25) is 0 Å². The lowest BCUT2D eigenvalue weighted by Gasteiger charge is -2.25. The molecule has 1 aromatic carbocycles. The fraction of sp³-hybridized carbons (Fsp3) is 0.273. The van der Waals surface area contributed by atoms with E-state index < -0.39 is 30.4 Å². The molecule has 5 nitrogen and oxygen atoms in total. The van der Waals surface area contributed by atoms with Gasteiger partial charge in [-0.2, -0.15) is 0 Å². The minimum Gasteiger partial charge on any atom is -0.481 e. The van der Waals surface area contributed by atoms with Crippen molar-refractivity contribution in [2.45, 2.75) is 18.4 Å². The molecule has 0 aliphatic rings. The topological polar surface area (TPSA) is 94.8 Å². The van der Waals surface area contributed by atoms with E-state index in [2.05, 4.69) is 0 Å². The first-order valence-corrected chi connectivity index (χ1v) is 4.65. The number of aliphatic hydroxyl groups is 1. The van der Waals surface area contributed by atoms with Crippen molar-refractivity contribution >= 4 is 11.9 Å². The van der Waals surface area contributed by atoms with Crippen molar-refractivity contribution in [3.8, 4) is 0 Å². The van der Waals surface area contributed by atoms with Gasteiger partial charge in [-0.05, 0) is 5.56 Å². The minimum absolute atomic E-state index is 0.291. The number of carboxylic acid groups (broad SMARTS) is 2. The van der Waals surface area contributed by atoms with Crippen molar-refractivity contribution in [1.82, 2.24) is 0 Å². The first-order valence-electron chi connectivity index (χ1n) is 4.65. The molecule has 0 heterocycles. The van der Waals surface area contributed by atoms with E-state index in [9.17, 15) is 14.7 Å². The lowest BCUT2D eigenvalue weighted by Crippen LogP contribution is -2.31. The van der Waals surface area contributed by atoms with E-state index in [1.807, 2.05) is 0 Å². The largest absolute Gasteiger partial charge is 0.481 e. The summed E-state index contributed by atoms with van der Waals surface area (Å²) in [7, 11) is 0.